The zero-order valence-electron chi connectivity index (χ0n) is 10.6. The van der Waals surface area contributed by atoms with Gasteiger partial charge in [0.2, 0.25) is 0 Å². The topological polar surface area (TPSA) is 48.3 Å². The van der Waals surface area contributed by atoms with Gasteiger partial charge in [0.15, 0.2) is 5.75 Å². The standard InChI is InChI=1S/C13H17N3O2/c1-14-7-8-18-11-9-15-16(10-11)12-5-3-4-6-13(12)17-2/h3-6,9-10,14H,7-8H2,1-2H3. The SMILES string of the molecule is CNCCOc1cnn(-c2ccccc2OC)c1. The summed E-state index contributed by atoms with van der Waals surface area (Å²) in [4.78, 5) is 0. The Labute approximate surface area is 106 Å². The molecule has 5 nitrogen and oxygen atoms in total. The van der Waals surface area contributed by atoms with Crippen molar-refractivity contribution in [2.45, 2.75) is 0 Å². The summed E-state index contributed by atoms with van der Waals surface area (Å²) in [5.41, 5.74) is 0.892. The van der Waals surface area contributed by atoms with Crippen molar-refractivity contribution < 1.29 is 9.47 Å². The van der Waals surface area contributed by atoms with E-state index in [0.29, 0.717) is 6.61 Å². The fourth-order valence-electron chi connectivity index (χ4n) is 1.60. The molecule has 1 aromatic heterocycles. The quantitative estimate of drug-likeness (QED) is 0.785. The van der Waals surface area contributed by atoms with E-state index in [0.717, 1.165) is 23.7 Å². The Morgan fingerprint density at radius 2 is 2.17 bits per heavy atom. The molecule has 1 N–H and O–H groups in total. The highest BCUT2D eigenvalue weighted by Crippen LogP contribution is 2.22. The number of hydrogen-bond donors (Lipinski definition) is 1. The van der Waals surface area contributed by atoms with Gasteiger partial charge >= 0.3 is 0 Å². The van der Waals surface area contributed by atoms with Gasteiger partial charge in [-0.2, -0.15) is 5.10 Å². The van der Waals surface area contributed by atoms with Gasteiger partial charge in [0.1, 0.15) is 18.0 Å². The van der Waals surface area contributed by atoms with Crippen LogP contribution in [0.1, 0.15) is 0 Å². The third kappa shape index (κ3) is 2.81. The van der Waals surface area contributed by atoms with Gasteiger partial charge in [0.05, 0.1) is 19.5 Å². The van der Waals surface area contributed by atoms with E-state index in [1.165, 1.54) is 0 Å². The Kier molecular flexibility index (Phi) is 4.20. The van der Waals surface area contributed by atoms with Crippen LogP contribution in [-0.2, 0) is 0 Å². The van der Waals surface area contributed by atoms with Crippen molar-refractivity contribution in [2.75, 3.05) is 27.3 Å². The molecule has 0 saturated heterocycles. The van der Waals surface area contributed by atoms with Crippen LogP contribution in [0.2, 0.25) is 0 Å². The van der Waals surface area contributed by atoms with Gasteiger partial charge in [0, 0.05) is 6.54 Å². The second-order valence-corrected chi connectivity index (χ2v) is 3.74. The summed E-state index contributed by atoms with van der Waals surface area (Å²) in [6, 6.07) is 7.72. The average molecular weight is 247 g/mol. The third-order valence-corrected chi connectivity index (χ3v) is 2.51. The minimum atomic E-state index is 0.619. The molecule has 0 radical (unpaired) electrons. The molecule has 0 atom stereocenters. The van der Waals surface area contributed by atoms with E-state index < -0.39 is 0 Å². The Hall–Kier alpha value is -2.01. The second-order valence-electron chi connectivity index (χ2n) is 3.74. The molecular formula is C13H17N3O2. The number of aromatic nitrogens is 2. The van der Waals surface area contributed by atoms with E-state index in [1.54, 1.807) is 18.0 Å². The van der Waals surface area contributed by atoms with Crippen molar-refractivity contribution in [3.8, 4) is 17.2 Å². The lowest BCUT2D eigenvalue weighted by Gasteiger charge is -2.07. The molecule has 0 amide bonds. The van der Waals surface area contributed by atoms with Gasteiger partial charge < -0.3 is 14.8 Å². The first-order valence-corrected chi connectivity index (χ1v) is 5.80. The highest BCUT2D eigenvalue weighted by molar-refractivity contribution is 5.46. The largest absolute Gasteiger partial charge is 0.494 e. The van der Waals surface area contributed by atoms with Gasteiger partial charge in [0.25, 0.3) is 0 Å². The van der Waals surface area contributed by atoms with Crippen molar-refractivity contribution >= 4 is 0 Å². The number of benzene rings is 1. The zero-order chi connectivity index (χ0) is 12.8. The average Bonchev–Trinajstić information content (AvgIpc) is 2.88. The fourth-order valence-corrected chi connectivity index (χ4v) is 1.60. The van der Waals surface area contributed by atoms with E-state index in [4.69, 9.17) is 9.47 Å². The Bertz CT molecular complexity index is 496. The van der Waals surface area contributed by atoms with E-state index in [2.05, 4.69) is 10.4 Å². The smallest absolute Gasteiger partial charge is 0.157 e. The Morgan fingerprint density at radius 3 is 2.94 bits per heavy atom. The highest BCUT2D eigenvalue weighted by Gasteiger charge is 2.06. The minimum Gasteiger partial charge on any atom is -0.494 e. The second kappa shape index (κ2) is 6.07. The maximum absolute atomic E-state index is 5.54. The maximum atomic E-state index is 5.54. The number of ether oxygens (including phenoxy) is 2. The maximum Gasteiger partial charge on any atom is 0.157 e. The zero-order valence-corrected chi connectivity index (χ0v) is 10.6. The number of para-hydroxylation sites is 2. The molecule has 18 heavy (non-hydrogen) atoms. The molecule has 2 aromatic rings. The van der Waals surface area contributed by atoms with Crippen LogP contribution in [0.15, 0.2) is 36.7 Å². The summed E-state index contributed by atoms with van der Waals surface area (Å²) in [7, 11) is 3.54. The van der Waals surface area contributed by atoms with E-state index in [9.17, 15) is 0 Å². The first kappa shape index (κ1) is 12.4. The molecular weight excluding hydrogens is 230 g/mol. The molecule has 0 aliphatic rings. The molecule has 0 unspecified atom stereocenters. The van der Waals surface area contributed by atoms with Crippen LogP contribution < -0.4 is 14.8 Å². The number of nitrogens with one attached hydrogen (secondary N) is 1. The first-order valence-electron chi connectivity index (χ1n) is 5.80. The molecule has 0 bridgehead atoms. The fraction of sp³-hybridized carbons (Fsp3) is 0.308. The number of likely N-dealkylation sites (N-methyl/N-ethyl adjacent to an activating group) is 1. The minimum absolute atomic E-state index is 0.619. The Morgan fingerprint density at radius 1 is 1.33 bits per heavy atom. The summed E-state index contributed by atoms with van der Waals surface area (Å²) in [5.74, 6) is 1.53. The summed E-state index contributed by atoms with van der Waals surface area (Å²) in [6.07, 6.45) is 3.54. The van der Waals surface area contributed by atoms with Crippen LogP contribution in [0, 0.1) is 0 Å². The third-order valence-electron chi connectivity index (χ3n) is 2.51. The van der Waals surface area contributed by atoms with Gasteiger partial charge in [-0.15, -0.1) is 0 Å². The summed E-state index contributed by atoms with van der Waals surface area (Å²) >= 11 is 0. The first-order chi connectivity index (χ1) is 8.85. The van der Waals surface area contributed by atoms with Gasteiger partial charge in [-0.25, -0.2) is 4.68 Å². The molecule has 1 heterocycles. The molecule has 0 saturated carbocycles. The van der Waals surface area contributed by atoms with Crippen molar-refractivity contribution in [1.82, 2.24) is 15.1 Å². The number of hydrogen-bond acceptors (Lipinski definition) is 4. The predicted molar refractivity (Wildman–Crippen MR) is 69.5 cm³/mol. The molecule has 0 aliphatic heterocycles. The lowest BCUT2D eigenvalue weighted by atomic mass is 10.3. The summed E-state index contributed by atoms with van der Waals surface area (Å²) in [6.45, 7) is 1.42. The van der Waals surface area contributed by atoms with Crippen LogP contribution >= 0.6 is 0 Å². The normalized spacial score (nSPS) is 10.3. The molecule has 96 valence electrons. The van der Waals surface area contributed by atoms with Gasteiger partial charge in [-0.05, 0) is 19.2 Å². The van der Waals surface area contributed by atoms with Crippen LogP contribution in [-0.4, -0.2) is 37.1 Å². The van der Waals surface area contributed by atoms with Crippen molar-refractivity contribution in [2.24, 2.45) is 0 Å². The van der Waals surface area contributed by atoms with Crippen LogP contribution in [0.3, 0.4) is 0 Å². The van der Waals surface area contributed by atoms with Gasteiger partial charge in [-0.3, -0.25) is 0 Å². The monoisotopic (exact) mass is 247 g/mol. The van der Waals surface area contributed by atoms with Gasteiger partial charge in [-0.1, -0.05) is 12.1 Å². The van der Waals surface area contributed by atoms with Crippen molar-refractivity contribution in [3.63, 3.8) is 0 Å². The van der Waals surface area contributed by atoms with Crippen LogP contribution in [0.4, 0.5) is 0 Å². The number of nitrogens with zero attached hydrogens (tertiary/aromatic N) is 2. The summed E-state index contributed by atoms with van der Waals surface area (Å²) < 4.78 is 12.6. The number of rotatable bonds is 6. The highest BCUT2D eigenvalue weighted by atomic mass is 16.5. The molecule has 0 fully saturated rings. The number of methoxy groups -OCH3 is 1. The van der Waals surface area contributed by atoms with E-state index in [1.807, 2.05) is 37.5 Å². The summed E-state index contributed by atoms with van der Waals surface area (Å²) in [5, 5.41) is 7.29. The molecule has 2 rings (SSSR count). The molecule has 5 heteroatoms. The molecule has 0 spiro atoms. The van der Waals surface area contributed by atoms with Crippen molar-refractivity contribution in [1.29, 1.82) is 0 Å². The lowest BCUT2D eigenvalue weighted by molar-refractivity contribution is 0.318. The lowest BCUT2D eigenvalue weighted by Crippen LogP contribution is -2.15. The van der Waals surface area contributed by atoms with Crippen molar-refractivity contribution in [3.05, 3.63) is 36.7 Å². The Balaban J connectivity index is 2.13. The predicted octanol–water partition coefficient (Wildman–Crippen LogP) is 1.48. The van der Waals surface area contributed by atoms with Crippen LogP contribution in [0.25, 0.3) is 5.69 Å². The van der Waals surface area contributed by atoms with Crippen LogP contribution in [0.5, 0.6) is 11.5 Å². The molecule has 1 aromatic carbocycles. The molecule has 0 aliphatic carbocycles. The van der Waals surface area contributed by atoms with E-state index in [-0.39, 0.29) is 0 Å². The van der Waals surface area contributed by atoms with E-state index >= 15 is 0 Å².